The van der Waals surface area contributed by atoms with Gasteiger partial charge in [-0.2, -0.15) is 0 Å². The minimum absolute atomic E-state index is 0.201. The van der Waals surface area contributed by atoms with Gasteiger partial charge in [0, 0.05) is 18.7 Å². The van der Waals surface area contributed by atoms with Gasteiger partial charge in [0.2, 0.25) is 0 Å². The first-order valence-electron chi connectivity index (χ1n) is 6.98. The van der Waals surface area contributed by atoms with E-state index in [9.17, 15) is 4.79 Å². The third-order valence-corrected chi connectivity index (χ3v) is 3.70. The third-order valence-electron chi connectivity index (χ3n) is 3.70. The Morgan fingerprint density at radius 2 is 1.95 bits per heavy atom. The highest BCUT2D eigenvalue weighted by Crippen LogP contribution is 2.17. The lowest BCUT2D eigenvalue weighted by Gasteiger charge is -2.08. The van der Waals surface area contributed by atoms with Crippen LogP contribution < -0.4 is 0 Å². The van der Waals surface area contributed by atoms with E-state index in [2.05, 4.69) is 23.3 Å². The van der Waals surface area contributed by atoms with Crippen molar-refractivity contribution in [3.05, 3.63) is 71.6 Å². The molecule has 104 valence electrons. The summed E-state index contributed by atoms with van der Waals surface area (Å²) in [5, 5.41) is 0. The molecule has 0 radical (unpaired) electrons. The van der Waals surface area contributed by atoms with Gasteiger partial charge in [-0.1, -0.05) is 36.4 Å². The molecule has 20 heavy (non-hydrogen) atoms. The quantitative estimate of drug-likeness (QED) is 0.570. The van der Waals surface area contributed by atoms with Gasteiger partial charge < -0.3 is 4.57 Å². The molecule has 2 rings (SSSR count). The monoisotopic (exact) mass is 267 g/mol. The smallest absolute Gasteiger partial charge is 0.179 e. The van der Waals surface area contributed by atoms with Gasteiger partial charge in [-0.3, -0.25) is 4.79 Å². The summed E-state index contributed by atoms with van der Waals surface area (Å²) in [5.74, 6) is 0.201. The van der Waals surface area contributed by atoms with E-state index in [-0.39, 0.29) is 5.78 Å². The zero-order chi connectivity index (χ0) is 14.5. The molecule has 0 aliphatic rings. The number of benzene rings is 1. The highest BCUT2D eigenvalue weighted by Gasteiger charge is 2.14. The molecule has 0 fully saturated rings. The number of carbonyl (C=O) groups excluding carboxylic acids is 1. The van der Waals surface area contributed by atoms with E-state index >= 15 is 0 Å². The van der Waals surface area contributed by atoms with Gasteiger partial charge in [0.25, 0.3) is 0 Å². The zero-order valence-corrected chi connectivity index (χ0v) is 12.2. The van der Waals surface area contributed by atoms with Gasteiger partial charge in [-0.15, -0.1) is 6.58 Å². The van der Waals surface area contributed by atoms with Crippen molar-refractivity contribution >= 4 is 5.78 Å². The minimum Gasteiger partial charge on any atom is -0.338 e. The lowest BCUT2D eigenvalue weighted by atomic mass is 10.1. The van der Waals surface area contributed by atoms with Crippen molar-refractivity contribution in [2.75, 3.05) is 0 Å². The van der Waals surface area contributed by atoms with Crippen LogP contribution in [-0.2, 0) is 13.0 Å². The minimum atomic E-state index is 0.201. The van der Waals surface area contributed by atoms with Crippen LogP contribution in [0.4, 0.5) is 0 Å². The summed E-state index contributed by atoms with van der Waals surface area (Å²) >= 11 is 0. The zero-order valence-electron chi connectivity index (χ0n) is 12.2. The molecule has 0 aliphatic carbocycles. The fourth-order valence-corrected chi connectivity index (χ4v) is 2.41. The van der Waals surface area contributed by atoms with Crippen molar-refractivity contribution in [3.63, 3.8) is 0 Å². The summed E-state index contributed by atoms with van der Waals surface area (Å²) in [6.07, 6.45) is 3.17. The summed E-state index contributed by atoms with van der Waals surface area (Å²) in [6.45, 7) is 8.55. The van der Waals surface area contributed by atoms with Gasteiger partial charge in [-0.25, -0.2) is 0 Å². The normalized spacial score (nSPS) is 10.5. The molecule has 0 bridgehead atoms. The summed E-state index contributed by atoms with van der Waals surface area (Å²) in [5.41, 5.74) is 4.31. The van der Waals surface area contributed by atoms with Crippen LogP contribution in [0.5, 0.6) is 0 Å². The van der Waals surface area contributed by atoms with E-state index in [4.69, 9.17) is 0 Å². The van der Waals surface area contributed by atoms with E-state index in [1.807, 2.05) is 44.2 Å². The first-order chi connectivity index (χ1) is 9.63. The van der Waals surface area contributed by atoms with Crippen molar-refractivity contribution in [1.82, 2.24) is 4.57 Å². The average molecular weight is 267 g/mol. The summed E-state index contributed by atoms with van der Waals surface area (Å²) in [7, 11) is 0. The van der Waals surface area contributed by atoms with Gasteiger partial charge in [0.1, 0.15) is 0 Å². The maximum atomic E-state index is 12.4. The molecule has 2 aromatic rings. The van der Waals surface area contributed by atoms with Crippen LogP contribution in [0, 0.1) is 13.8 Å². The molecule has 0 atom stereocenters. The number of rotatable bonds is 6. The predicted octanol–water partition coefficient (Wildman–Crippen LogP) is 4.11. The highest BCUT2D eigenvalue weighted by molar-refractivity contribution is 5.95. The lowest BCUT2D eigenvalue weighted by Crippen LogP contribution is -2.10. The standard InChI is InChI=1S/C18H21NO/c1-4-12-19-15(3)14(2)13-17(19)18(20)11-10-16-8-6-5-7-9-16/h4-9,13H,1,10-12H2,2-3H3. The Balaban J connectivity index is 2.13. The van der Waals surface area contributed by atoms with Crippen molar-refractivity contribution < 1.29 is 4.79 Å². The van der Waals surface area contributed by atoms with Crippen molar-refractivity contribution in [1.29, 1.82) is 0 Å². The summed E-state index contributed by atoms with van der Waals surface area (Å²) in [6, 6.07) is 12.1. The number of carbonyl (C=O) groups is 1. The number of hydrogen-bond donors (Lipinski definition) is 0. The van der Waals surface area contributed by atoms with E-state index in [0.717, 1.165) is 23.4 Å². The Morgan fingerprint density at radius 3 is 2.60 bits per heavy atom. The maximum absolute atomic E-state index is 12.4. The number of aryl methyl sites for hydroxylation is 2. The summed E-state index contributed by atoms with van der Waals surface area (Å²) in [4.78, 5) is 12.4. The lowest BCUT2D eigenvalue weighted by molar-refractivity contribution is 0.0974. The SMILES string of the molecule is C=CCn1c(C(=O)CCc2ccccc2)cc(C)c1C. The van der Waals surface area contributed by atoms with Crippen LogP contribution in [0.25, 0.3) is 0 Å². The molecule has 0 unspecified atom stereocenters. The molecule has 0 saturated heterocycles. The van der Waals surface area contributed by atoms with Crippen LogP contribution in [0.15, 0.2) is 49.1 Å². The Hall–Kier alpha value is -2.09. The number of hydrogen-bond acceptors (Lipinski definition) is 1. The predicted molar refractivity (Wildman–Crippen MR) is 83.2 cm³/mol. The molecule has 1 aromatic heterocycles. The van der Waals surface area contributed by atoms with E-state index in [1.165, 1.54) is 5.56 Å². The molecule has 0 N–H and O–H groups in total. The molecule has 1 heterocycles. The first kappa shape index (κ1) is 14.3. The molecular formula is C18H21NO. The fourth-order valence-electron chi connectivity index (χ4n) is 2.41. The van der Waals surface area contributed by atoms with Crippen LogP contribution >= 0.6 is 0 Å². The van der Waals surface area contributed by atoms with Crippen LogP contribution in [0.1, 0.15) is 33.7 Å². The van der Waals surface area contributed by atoms with Crippen LogP contribution in [0.3, 0.4) is 0 Å². The number of aromatic nitrogens is 1. The maximum Gasteiger partial charge on any atom is 0.179 e. The fraction of sp³-hybridized carbons (Fsp3) is 0.278. The van der Waals surface area contributed by atoms with Crippen molar-refractivity contribution in [3.8, 4) is 0 Å². The number of nitrogens with zero attached hydrogens (tertiary/aromatic N) is 1. The second-order valence-corrected chi connectivity index (χ2v) is 5.11. The number of allylic oxidation sites excluding steroid dienone is 1. The summed E-state index contributed by atoms with van der Waals surface area (Å²) < 4.78 is 2.05. The number of Topliss-reactive ketones (excluding diaryl/α,β-unsaturated/α-hetero) is 1. The van der Waals surface area contributed by atoms with E-state index in [1.54, 1.807) is 0 Å². The topological polar surface area (TPSA) is 22.0 Å². The Labute approximate surface area is 120 Å². The highest BCUT2D eigenvalue weighted by atomic mass is 16.1. The Morgan fingerprint density at radius 1 is 1.25 bits per heavy atom. The number of ketones is 1. The van der Waals surface area contributed by atoms with Gasteiger partial charge >= 0.3 is 0 Å². The largest absolute Gasteiger partial charge is 0.338 e. The molecule has 0 amide bonds. The van der Waals surface area contributed by atoms with Crippen molar-refractivity contribution in [2.45, 2.75) is 33.2 Å². The third kappa shape index (κ3) is 3.08. The molecule has 0 spiro atoms. The van der Waals surface area contributed by atoms with Gasteiger partial charge in [0.15, 0.2) is 5.78 Å². The molecular weight excluding hydrogens is 246 g/mol. The van der Waals surface area contributed by atoms with Crippen molar-refractivity contribution in [2.24, 2.45) is 0 Å². The second kappa shape index (κ2) is 6.38. The Kier molecular flexibility index (Phi) is 4.57. The molecule has 1 aromatic carbocycles. The Bertz CT molecular complexity index is 608. The molecule has 2 heteroatoms. The van der Waals surface area contributed by atoms with E-state index in [0.29, 0.717) is 13.0 Å². The molecule has 0 saturated carbocycles. The van der Waals surface area contributed by atoms with Crippen LogP contribution in [-0.4, -0.2) is 10.4 Å². The first-order valence-corrected chi connectivity index (χ1v) is 6.98. The second-order valence-electron chi connectivity index (χ2n) is 5.11. The van der Waals surface area contributed by atoms with Crippen LogP contribution in [0.2, 0.25) is 0 Å². The average Bonchev–Trinajstić information content (AvgIpc) is 2.75. The van der Waals surface area contributed by atoms with Gasteiger partial charge in [-0.05, 0) is 37.5 Å². The molecule has 0 aliphatic heterocycles. The van der Waals surface area contributed by atoms with Gasteiger partial charge in [0.05, 0.1) is 5.69 Å². The molecule has 2 nitrogen and oxygen atoms in total. The van der Waals surface area contributed by atoms with E-state index < -0.39 is 0 Å².